The summed E-state index contributed by atoms with van der Waals surface area (Å²) in [6.45, 7) is 2.07. The maximum Gasteiger partial charge on any atom is 0.110 e. The molecule has 5 aromatic rings. The van der Waals surface area contributed by atoms with Gasteiger partial charge in [0.15, 0.2) is 0 Å². The Balaban J connectivity index is 1.49. The van der Waals surface area contributed by atoms with Gasteiger partial charge in [0.25, 0.3) is 0 Å². The van der Waals surface area contributed by atoms with Gasteiger partial charge in [0.2, 0.25) is 0 Å². The highest BCUT2D eigenvalue weighted by Gasteiger charge is 2.28. The first-order valence-electron chi connectivity index (χ1n) is 14.1. The number of rotatable bonds is 9. The van der Waals surface area contributed by atoms with Crippen LogP contribution in [0.15, 0.2) is 73.1 Å². The van der Waals surface area contributed by atoms with Crippen molar-refractivity contribution in [2.45, 2.75) is 44.3 Å². The Bertz CT molecular complexity index is 1910. The van der Waals surface area contributed by atoms with Gasteiger partial charge in [0.05, 0.1) is 58.0 Å². The molecule has 1 saturated carbocycles. The molecule has 2 atom stereocenters. The lowest BCUT2D eigenvalue weighted by atomic mass is 10.00. The predicted octanol–water partition coefficient (Wildman–Crippen LogP) is 7.98. The average molecular weight is 595 g/mol. The zero-order valence-electron chi connectivity index (χ0n) is 23.6. The molecule has 0 bridgehead atoms. The van der Waals surface area contributed by atoms with E-state index in [0.29, 0.717) is 44.1 Å². The largest absolute Gasteiger partial charge is 0.377 e. The van der Waals surface area contributed by atoms with Crippen molar-refractivity contribution in [1.82, 2.24) is 20.0 Å². The lowest BCUT2D eigenvalue weighted by Gasteiger charge is -2.23. The quantitative estimate of drug-likeness (QED) is 0.178. The molecule has 3 aromatic carbocycles. The van der Waals surface area contributed by atoms with Gasteiger partial charge >= 0.3 is 0 Å². The number of nitrogens with zero attached hydrogens (tertiary/aromatic N) is 6. The number of aromatic nitrogens is 4. The molecule has 0 amide bonds. The van der Waals surface area contributed by atoms with E-state index in [9.17, 15) is 11.9 Å². The van der Waals surface area contributed by atoms with Gasteiger partial charge in [0.1, 0.15) is 17.8 Å². The molecule has 42 heavy (non-hydrogen) atoms. The van der Waals surface area contributed by atoms with E-state index >= 15 is 0 Å². The van der Waals surface area contributed by atoms with E-state index in [1.807, 2.05) is 36.4 Å². The molecule has 0 unspecified atom stereocenters. The van der Waals surface area contributed by atoms with Crippen molar-refractivity contribution < 1.29 is 1.37 Å². The normalized spacial score (nSPS) is 15.2. The first-order chi connectivity index (χ1) is 20.9. The summed E-state index contributed by atoms with van der Waals surface area (Å²) in [6, 6.07) is 21.3. The molecule has 0 spiro atoms. The summed E-state index contributed by atoms with van der Waals surface area (Å²) in [7, 11) is 0. The molecule has 2 N–H and O–H groups in total. The van der Waals surface area contributed by atoms with Crippen LogP contribution < -0.4 is 10.6 Å². The molecule has 2 heterocycles. The predicted molar refractivity (Wildman–Crippen MR) is 164 cm³/mol. The van der Waals surface area contributed by atoms with Crippen LogP contribution in [0.3, 0.4) is 0 Å². The van der Waals surface area contributed by atoms with E-state index < -0.39 is 6.02 Å². The third kappa shape index (κ3) is 5.35. The molecule has 1 fully saturated rings. The highest BCUT2D eigenvalue weighted by atomic mass is 35.5. The molecular weight excluding hydrogens is 567 g/mol. The minimum absolute atomic E-state index is 0.0745. The third-order valence-corrected chi connectivity index (χ3v) is 8.01. The fourth-order valence-corrected chi connectivity index (χ4v) is 5.52. The molecular formula is C32H26Cl2N8. The lowest BCUT2D eigenvalue weighted by molar-refractivity contribution is 0.610. The maximum absolute atomic E-state index is 10.0. The van der Waals surface area contributed by atoms with Crippen LogP contribution in [0.1, 0.15) is 73.6 Å². The number of fused-ring (bicyclic) bond motifs is 1. The van der Waals surface area contributed by atoms with Gasteiger partial charge in [-0.25, -0.2) is 4.68 Å². The minimum Gasteiger partial charge on any atom is -0.377 e. The smallest absolute Gasteiger partial charge is 0.110 e. The van der Waals surface area contributed by atoms with E-state index in [4.69, 9.17) is 23.2 Å². The van der Waals surface area contributed by atoms with Crippen LogP contribution in [-0.2, 0) is 0 Å². The lowest BCUT2D eigenvalue weighted by Crippen LogP contribution is -2.14. The molecule has 1 aliphatic carbocycles. The summed E-state index contributed by atoms with van der Waals surface area (Å²) < 4.78 is 11.5. The topological polar surface area (TPSA) is 115 Å². The second kappa shape index (κ2) is 11.7. The summed E-state index contributed by atoms with van der Waals surface area (Å²) in [5, 5.41) is 36.2. The van der Waals surface area contributed by atoms with Gasteiger partial charge in [-0.15, -0.1) is 5.10 Å². The van der Waals surface area contributed by atoms with Crippen LogP contribution in [0.5, 0.6) is 0 Å². The standard InChI is InChI=1S/C32H26Cl2N8/c1-2-27(19-7-4-3-5-8-19)39-30-21(16-36)17-37-31-25(30)13-22(14-26(31)33)38-32(24-10-6-9-20(15-35)29(24)34)28-18-42(41-40-28)23-11-12-23/h3-10,13-14,17-18,23,27,32,38H,2,11-12H2,1H3,(H,37,39)/t27-,32+/m1/s1/i32D. The van der Waals surface area contributed by atoms with E-state index in [-0.39, 0.29) is 22.7 Å². The van der Waals surface area contributed by atoms with Crippen molar-refractivity contribution in [3.05, 3.63) is 111 Å². The SMILES string of the molecule is [2H][C@@](Nc1cc(Cl)c2ncc(C#N)c(N[C@H](CC)c3ccccc3)c2c1)(c1cn(C2CC2)nn1)c1cccc(C#N)c1Cl. The van der Waals surface area contributed by atoms with Crippen LogP contribution in [0.4, 0.5) is 11.4 Å². The Morgan fingerprint density at radius 2 is 1.83 bits per heavy atom. The highest BCUT2D eigenvalue weighted by Crippen LogP contribution is 2.39. The first-order valence-corrected chi connectivity index (χ1v) is 14.3. The van der Waals surface area contributed by atoms with Crippen molar-refractivity contribution in [3.63, 3.8) is 0 Å². The van der Waals surface area contributed by atoms with Crippen LogP contribution >= 0.6 is 23.2 Å². The summed E-state index contributed by atoms with van der Waals surface area (Å²) in [4.78, 5) is 4.49. The van der Waals surface area contributed by atoms with Gasteiger partial charge in [-0.2, -0.15) is 10.5 Å². The van der Waals surface area contributed by atoms with Gasteiger partial charge < -0.3 is 10.6 Å². The Hall–Kier alpha value is -4.63. The summed E-state index contributed by atoms with van der Waals surface area (Å²) in [5.74, 6) is 0. The maximum atomic E-state index is 10.0. The van der Waals surface area contributed by atoms with Crippen molar-refractivity contribution in [2.75, 3.05) is 10.6 Å². The third-order valence-electron chi connectivity index (χ3n) is 7.32. The Morgan fingerprint density at radius 3 is 2.55 bits per heavy atom. The van der Waals surface area contributed by atoms with E-state index in [1.165, 1.54) is 6.20 Å². The zero-order chi connectivity index (χ0) is 30.1. The minimum atomic E-state index is -1.74. The zero-order valence-corrected chi connectivity index (χ0v) is 24.2. The molecule has 8 nitrogen and oxygen atoms in total. The second-order valence-corrected chi connectivity index (χ2v) is 10.9. The number of benzene rings is 3. The molecule has 0 saturated heterocycles. The van der Waals surface area contributed by atoms with Gasteiger partial charge in [0, 0.05) is 22.8 Å². The number of pyridine rings is 1. The molecule has 208 valence electrons. The Morgan fingerprint density at radius 1 is 1.05 bits per heavy atom. The number of nitriles is 2. The van der Waals surface area contributed by atoms with Gasteiger partial charge in [-0.3, -0.25) is 4.98 Å². The molecule has 6 rings (SSSR count). The fraction of sp³-hybridized carbons (Fsp3) is 0.219. The summed E-state index contributed by atoms with van der Waals surface area (Å²) in [6.07, 6.45) is 6.02. The number of halogens is 2. The van der Waals surface area contributed by atoms with E-state index in [1.54, 1.807) is 35.1 Å². The number of nitrogens with one attached hydrogen (secondary N) is 2. The Kier molecular flexibility index (Phi) is 7.32. The average Bonchev–Trinajstić information content (AvgIpc) is 3.75. The van der Waals surface area contributed by atoms with Crippen molar-refractivity contribution in [3.8, 4) is 12.1 Å². The van der Waals surface area contributed by atoms with Crippen LogP contribution in [0.2, 0.25) is 10.0 Å². The van der Waals surface area contributed by atoms with Crippen LogP contribution in [-0.4, -0.2) is 20.0 Å². The van der Waals surface area contributed by atoms with Crippen LogP contribution in [0.25, 0.3) is 10.9 Å². The highest BCUT2D eigenvalue weighted by molar-refractivity contribution is 6.36. The summed E-state index contributed by atoms with van der Waals surface area (Å²) in [5.41, 5.74) is 3.91. The second-order valence-electron chi connectivity index (χ2n) is 10.1. The van der Waals surface area contributed by atoms with Crippen molar-refractivity contribution in [2.24, 2.45) is 0 Å². The van der Waals surface area contributed by atoms with E-state index in [0.717, 1.165) is 24.8 Å². The summed E-state index contributed by atoms with van der Waals surface area (Å²) >= 11 is 13.5. The Labute approximate surface area is 254 Å². The molecule has 0 aliphatic heterocycles. The van der Waals surface area contributed by atoms with Gasteiger partial charge in [-0.05, 0) is 43.0 Å². The molecule has 2 aromatic heterocycles. The monoisotopic (exact) mass is 593 g/mol. The first kappa shape index (κ1) is 26.3. The number of hydrogen-bond donors (Lipinski definition) is 2. The van der Waals surface area contributed by atoms with Crippen molar-refractivity contribution in [1.29, 1.82) is 10.5 Å². The number of hydrogen-bond acceptors (Lipinski definition) is 7. The van der Waals surface area contributed by atoms with Crippen molar-refractivity contribution >= 4 is 45.5 Å². The molecule has 10 heteroatoms. The van der Waals surface area contributed by atoms with Crippen LogP contribution in [0, 0.1) is 22.7 Å². The molecule has 1 aliphatic rings. The fourth-order valence-electron chi connectivity index (χ4n) is 4.99. The van der Waals surface area contributed by atoms with E-state index in [2.05, 4.69) is 45.0 Å². The van der Waals surface area contributed by atoms with Gasteiger partial charge in [-0.1, -0.05) is 77.8 Å². The molecule has 0 radical (unpaired) electrons. The number of anilines is 2.